The van der Waals surface area contributed by atoms with E-state index in [-0.39, 0.29) is 29.0 Å². The molecule has 7 nitrogen and oxygen atoms in total. The van der Waals surface area contributed by atoms with E-state index in [1.165, 1.54) is 10.7 Å². The summed E-state index contributed by atoms with van der Waals surface area (Å²) in [5.41, 5.74) is 3.52. The molecule has 10 heteroatoms. The van der Waals surface area contributed by atoms with Crippen molar-refractivity contribution >= 4 is 32.9 Å². The number of nitrogens with zero attached hydrogens (tertiary/aromatic N) is 5. The van der Waals surface area contributed by atoms with Gasteiger partial charge in [-0.15, -0.1) is 0 Å². The standard InChI is InChI=1S/C23H23BrF2N6O/c1-13-20-17(22(25)26)11-18(16-7-5-4-6-8-16)28-23(20)32(29-13)12-19(33)27-9-10-31-15(3)21(24)14(2)30-31/h4-8,11,22H,9-10,12H2,1-3H3,(H,27,33). The molecule has 4 aromatic rings. The number of carbonyl (C=O) groups excluding carboxylic acids is 1. The number of halogens is 3. The molecule has 0 spiro atoms. The molecule has 4 rings (SSSR count). The quantitative estimate of drug-likeness (QED) is 0.385. The van der Waals surface area contributed by atoms with Crippen LogP contribution in [0.4, 0.5) is 8.78 Å². The summed E-state index contributed by atoms with van der Waals surface area (Å²) < 4.78 is 31.9. The SMILES string of the molecule is Cc1nn(CCNC(=O)Cn2nc(C)c3c(C(F)F)cc(-c4ccccc4)nc32)c(C)c1Br. The number of hydrogen-bond donors (Lipinski definition) is 1. The topological polar surface area (TPSA) is 77.6 Å². The maximum Gasteiger partial charge on any atom is 0.264 e. The minimum atomic E-state index is -2.69. The van der Waals surface area contributed by atoms with E-state index in [1.807, 2.05) is 36.7 Å². The lowest BCUT2D eigenvalue weighted by Crippen LogP contribution is -2.31. The van der Waals surface area contributed by atoms with Crippen LogP contribution in [0.5, 0.6) is 0 Å². The van der Waals surface area contributed by atoms with Gasteiger partial charge in [-0.1, -0.05) is 30.3 Å². The fourth-order valence-electron chi connectivity index (χ4n) is 3.81. The van der Waals surface area contributed by atoms with Gasteiger partial charge in [0.25, 0.3) is 6.43 Å². The van der Waals surface area contributed by atoms with Crippen LogP contribution in [-0.4, -0.2) is 37.0 Å². The number of pyridine rings is 1. The highest BCUT2D eigenvalue weighted by molar-refractivity contribution is 9.10. The Hall–Kier alpha value is -3.14. The maximum atomic E-state index is 13.9. The summed E-state index contributed by atoms with van der Waals surface area (Å²) in [6.07, 6.45) is -2.69. The van der Waals surface area contributed by atoms with Gasteiger partial charge in [-0.05, 0) is 42.8 Å². The third-order valence-electron chi connectivity index (χ3n) is 5.44. The van der Waals surface area contributed by atoms with Gasteiger partial charge in [0.1, 0.15) is 6.54 Å². The summed E-state index contributed by atoms with van der Waals surface area (Å²) in [6, 6.07) is 10.5. The molecule has 3 aromatic heterocycles. The predicted octanol–water partition coefficient (Wildman–Crippen LogP) is 4.74. The van der Waals surface area contributed by atoms with Crippen molar-refractivity contribution in [3.8, 4) is 11.3 Å². The number of nitrogens with one attached hydrogen (secondary N) is 1. The van der Waals surface area contributed by atoms with Crippen LogP contribution in [0.1, 0.15) is 29.1 Å². The third kappa shape index (κ3) is 4.66. The molecule has 0 saturated carbocycles. The van der Waals surface area contributed by atoms with E-state index in [0.29, 0.717) is 30.0 Å². The minimum absolute atomic E-state index is 0.126. The van der Waals surface area contributed by atoms with Crippen molar-refractivity contribution in [1.29, 1.82) is 0 Å². The van der Waals surface area contributed by atoms with Crippen LogP contribution in [0.15, 0.2) is 40.9 Å². The molecule has 1 amide bonds. The van der Waals surface area contributed by atoms with Gasteiger partial charge in [-0.2, -0.15) is 10.2 Å². The van der Waals surface area contributed by atoms with Gasteiger partial charge in [0, 0.05) is 23.4 Å². The Balaban J connectivity index is 1.57. The van der Waals surface area contributed by atoms with Gasteiger partial charge in [0.2, 0.25) is 5.91 Å². The van der Waals surface area contributed by atoms with Gasteiger partial charge < -0.3 is 5.32 Å². The molecule has 0 bridgehead atoms. The maximum absolute atomic E-state index is 13.9. The average Bonchev–Trinajstić information content (AvgIpc) is 3.24. The molecule has 0 saturated heterocycles. The first-order valence-electron chi connectivity index (χ1n) is 10.4. The molecular weight excluding hydrogens is 494 g/mol. The molecule has 0 atom stereocenters. The van der Waals surface area contributed by atoms with Gasteiger partial charge >= 0.3 is 0 Å². The lowest BCUT2D eigenvalue weighted by Gasteiger charge is -2.10. The summed E-state index contributed by atoms with van der Waals surface area (Å²) in [7, 11) is 0. The summed E-state index contributed by atoms with van der Waals surface area (Å²) in [6.45, 7) is 6.25. The lowest BCUT2D eigenvalue weighted by atomic mass is 10.1. The van der Waals surface area contributed by atoms with E-state index < -0.39 is 6.43 Å². The van der Waals surface area contributed by atoms with Crippen molar-refractivity contribution in [3.05, 3.63) is 63.5 Å². The number of aromatic nitrogens is 5. The van der Waals surface area contributed by atoms with E-state index in [0.717, 1.165) is 15.9 Å². The van der Waals surface area contributed by atoms with Crippen molar-refractivity contribution in [2.75, 3.05) is 6.54 Å². The van der Waals surface area contributed by atoms with E-state index in [1.54, 1.807) is 19.1 Å². The highest BCUT2D eigenvalue weighted by Crippen LogP contribution is 2.33. The molecule has 3 heterocycles. The Morgan fingerprint density at radius 3 is 2.42 bits per heavy atom. The second-order valence-electron chi connectivity index (χ2n) is 7.76. The van der Waals surface area contributed by atoms with Crippen molar-refractivity contribution in [1.82, 2.24) is 29.9 Å². The highest BCUT2D eigenvalue weighted by atomic mass is 79.9. The third-order valence-corrected chi connectivity index (χ3v) is 6.59. The summed E-state index contributed by atoms with van der Waals surface area (Å²) >= 11 is 3.49. The first-order valence-corrected chi connectivity index (χ1v) is 11.2. The summed E-state index contributed by atoms with van der Waals surface area (Å²) in [5, 5.41) is 11.9. The molecule has 0 aliphatic carbocycles. The summed E-state index contributed by atoms with van der Waals surface area (Å²) in [5.74, 6) is -0.287. The van der Waals surface area contributed by atoms with Gasteiger partial charge in [0.15, 0.2) is 5.65 Å². The Kier molecular flexibility index (Phi) is 6.55. The van der Waals surface area contributed by atoms with Crippen LogP contribution in [0.3, 0.4) is 0 Å². The van der Waals surface area contributed by atoms with Crippen molar-refractivity contribution in [2.24, 2.45) is 0 Å². The van der Waals surface area contributed by atoms with Crippen LogP contribution in [0, 0.1) is 20.8 Å². The largest absolute Gasteiger partial charge is 0.353 e. The molecule has 172 valence electrons. The molecule has 0 fully saturated rings. The van der Waals surface area contributed by atoms with Crippen LogP contribution < -0.4 is 5.32 Å². The number of hydrogen-bond acceptors (Lipinski definition) is 4. The molecular formula is C23H23BrF2N6O. The van der Waals surface area contributed by atoms with Crippen LogP contribution in [-0.2, 0) is 17.9 Å². The smallest absolute Gasteiger partial charge is 0.264 e. The molecule has 0 unspecified atom stereocenters. The van der Waals surface area contributed by atoms with E-state index in [4.69, 9.17) is 0 Å². The Morgan fingerprint density at radius 1 is 1.09 bits per heavy atom. The number of benzene rings is 1. The number of fused-ring (bicyclic) bond motifs is 1. The van der Waals surface area contributed by atoms with Gasteiger partial charge in [-0.25, -0.2) is 18.4 Å². The van der Waals surface area contributed by atoms with Crippen molar-refractivity contribution in [2.45, 2.75) is 40.3 Å². The zero-order valence-corrected chi connectivity index (χ0v) is 20.0. The lowest BCUT2D eigenvalue weighted by molar-refractivity contribution is -0.121. The monoisotopic (exact) mass is 516 g/mol. The number of alkyl halides is 2. The molecule has 0 radical (unpaired) electrons. The van der Waals surface area contributed by atoms with E-state index in [2.05, 4.69) is 36.4 Å². The molecule has 1 N–H and O–H groups in total. The summed E-state index contributed by atoms with van der Waals surface area (Å²) in [4.78, 5) is 17.2. The number of amides is 1. The number of carbonyl (C=O) groups is 1. The zero-order chi connectivity index (χ0) is 23.7. The molecule has 33 heavy (non-hydrogen) atoms. The zero-order valence-electron chi connectivity index (χ0n) is 18.4. The minimum Gasteiger partial charge on any atom is -0.353 e. The molecule has 1 aromatic carbocycles. The number of rotatable bonds is 7. The second-order valence-corrected chi connectivity index (χ2v) is 8.56. The average molecular weight is 517 g/mol. The van der Waals surface area contributed by atoms with Crippen LogP contribution >= 0.6 is 15.9 Å². The Labute approximate surface area is 197 Å². The van der Waals surface area contributed by atoms with Crippen LogP contribution in [0.2, 0.25) is 0 Å². The van der Waals surface area contributed by atoms with Crippen molar-refractivity contribution in [3.63, 3.8) is 0 Å². The Morgan fingerprint density at radius 2 is 1.79 bits per heavy atom. The first-order chi connectivity index (χ1) is 15.8. The van der Waals surface area contributed by atoms with Gasteiger partial charge in [-0.3, -0.25) is 9.48 Å². The number of aryl methyl sites for hydroxylation is 2. The van der Waals surface area contributed by atoms with E-state index >= 15 is 0 Å². The fourth-order valence-corrected chi connectivity index (χ4v) is 4.10. The Bertz CT molecular complexity index is 1320. The molecule has 0 aliphatic rings. The second kappa shape index (κ2) is 9.38. The molecule has 0 aliphatic heterocycles. The normalized spacial score (nSPS) is 11.5. The first kappa shape index (κ1) is 23.0. The predicted molar refractivity (Wildman–Crippen MR) is 125 cm³/mol. The van der Waals surface area contributed by atoms with E-state index in [9.17, 15) is 13.6 Å². The van der Waals surface area contributed by atoms with Crippen molar-refractivity contribution < 1.29 is 13.6 Å². The van der Waals surface area contributed by atoms with Gasteiger partial charge in [0.05, 0.1) is 33.5 Å². The highest BCUT2D eigenvalue weighted by Gasteiger charge is 2.22. The van der Waals surface area contributed by atoms with Crippen LogP contribution in [0.25, 0.3) is 22.3 Å². The fraction of sp³-hybridized carbons (Fsp3) is 0.304.